The molecule has 0 aliphatic carbocycles. The second-order valence-corrected chi connectivity index (χ2v) is 4.41. The van der Waals surface area contributed by atoms with E-state index in [0.29, 0.717) is 10.4 Å². The van der Waals surface area contributed by atoms with Gasteiger partial charge in [0.1, 0.15) is 0 Å². The van der Waals surface area contributed by atoms with Crippen molar-refractivity contribution < 1.29 is 29.6 Å². The number of thiocarbonyl (C=S) groups is 1. The van der Waals surface area contributed by atoms with Gasteiger partial charge in [0.15, 0.2) is 0 Å². The van der Waals surface area contributed by atoms with Crippen LogP contribution in [0, 0.1) is 0 Å². The maximum absolute atomic E-state index is 4.94. The smallest absolute Gasteiger partial charge is 0.411 e. The summed E-state index contributed by atoms with van der Waals surface area (Å²) in [6.45, 7) is 8.63. The Balaban J connectivity index is 0.00000144. The molecule has 1 saturated heterocycles. The number of piperazine rings is 1. The molecule has 1 heterocycles. The number of hydrogen-bond acceptors (Lipinski definition) is 3. The van der Waals surface area contributed by atoms with Crippen LogP contribution in [-0.4, -0.2) is 46.3 Å². The summed E-state index contributed by atoms with van der Waals surface area (Å²) in [5, 5.41) is 0. The van der Waals surface area contributed by atoms with Crippen molar-refractivity contribution in [2.75, 3.05) is 26.2 Å². The third kappa shape index (κ3) is 4.40. The van der Waals surface area contributed by atoms with Crippen molar-refractivity contribution in [1.82, 2.24) is 9.80 Å². The minimum atomic E-state index is 0. The Morgan fingerprint density at radius 3 is 2.00 bits per heavy atom. The Labute approximate surface area is 114 Å². The summed E-state index contributed by atoms with van der Waals surface area (Å²) in [6.07, 6.45) is 0. The Morgan fingerprint density at radius 2 is 1.69 bits per heavy atom. The first-order valence-electron chi connectivity index (χ1n) is 4.31. The van der Waals surface area contributed by atoms with Crippen molar-refractivity contribution in [3.8, 4) is 0 Å². The van der Waals surface area contributed by atoms with Crippen LogP contribution in [0.15, 0.2) is 0 Å². The van der Waals surface area contributed by atoms with E-state index < -0.39 is 0 Å². The fourth-order valence-corrected chi connectivity index (χ4v) is 1.79. The van der Waals surface area contributed by atoms with Crippen LogP contribution in [0.4, 0.5) is 0 Å². The van der Waals surface area contributed by atoms with Crippen molar-refractivity contribution in [2.45, 2.75) is 19.9 Å². The zero-order chi connectivity index (χ0) is 9.14. The van der Waals surface area contributed by atoms with Gasteiger partial charge in [0.2, 0.25) is 0 Å². The van der Waals surface area contributed by atoms with E-state index in [1.807, 2.05) is 0 Å². The maximum atomic E-state index is 4.94. The van der Waals surface area contributed by atoms with Gasteiger partial charge in [-0.2, -0.15) is 0 Å². The van der Waals surface area contributed by atoms with E-state index in [0.717, 1.165) is 26.2 Å². The molecule has 1 fully saturated rings. The Hall–Kier alpha value is 1.07. The largest absolute Gasteiger partial charge is 1.00 e. The van der Waals surface area contributed by atoms with Crippen LogP contribution < -0.4 is 29.6 Å². The topological polar surface area (TPSA) is 6.48 Å². The molecule has 0 N–H and O–H groups in total. The summed E-state index contributed by atoms with van der Waals surface area (Å²) in [5.41, 5.74) is 0. The minimum Gasteiger partial charge on any atom is -0.411 e. The van der Waals surface area contributed by atoms with Gasteiger partial charge in [0.05, 0.1) is 0 Å². The Kier molecular flexibility index (Phi) is 7.07. The second kappa shape index (κ2) is 6.53. The van der Waals surface area contributed by atoms with E-state index in [9.17, 15) is 0 Å². The van der Waals surface area contributed by atoms with Crippen molar-refractivity contribution in [3.63, 3.8) is 0 Å². The molecular formula is C8H15N2NaS2. The standard InChI is InChI=1S/C8H16N2S2.Na/c1-7(2)9-3-5-10(6-4-9)8(11)12;/h7H,3-6H2,1-2H3,(H,11,12);/q;+1/p-1. The maximum Gasteiger partial charge on any atom is 1.00 e. The van der Waals surface area contributed by atoms with Crippen molar-refractivity contribution in [3.05, 3.63) is 0 Å². The minimum absolute atomic E-state index is 0. The van der Waals surface area contributed by atoms with E-state index in [4.69, 9.17) is 24.8 Å². The number of rotatable bonds is 1. The molecule has 1 aliphatic rings. The summed E-state index contributed by atoms with van der Waals surface area (Å²) in [7, 11) is 0. The molecule has 0 atom stereocenters. The Bertz CT molecular complexity index is 168. The van der Waals surface area contributed by atoms with Gasteiger partial charge in [-0.1, -0.05) is 4.32 Å². The SMILES string of the molecule is CC(C)N1CCN(C(=S)[S-])CC1.[Na+]. The van der Waals surface area contributed by atoms with E-state index in [2.05, 4.69) is 23.6 Å². The molecule has 0 bridgehead atoms. The van der Waals surface area contributed by atoms with Crippen molar-refractivity contribution in [2.24, 2.45) is 0 Å². The molecule has 13 heavy (non-hydrogen) atoms. The summed E-state index contributed by atoms with van der Waals surface area (Å²) < 4.78 is 0.624. The van der Waals surface area contributed by atoms with Crippen LogP contribution in [0.5, 0.6) is 0 Å². The molecule has 0 aromatic heterocycles. The molecule has 1 rings (SSSR count). The van der Waals surface area contributed by atoms with Crippen molar-refractivity contribution in [1.29, 1.82) is 0 Å². The molecule has 2 nitrogen and oxygen atoms in total. The summed E-state index contributed by atoms with van der Waals surface area (Å²) in [5.74, 6) is 0. The summed E-state index contributed by atoms with van der Waals surface area (Å²) >= 11 is 9.88. The van der Waals surface area contributed by atoms with Crippen molar-refractivity contribution >= 4 is 29.2 Å². The van der Waals surface area contributed by atoms with Crippen LogP contribution in [0.2, 0.25) is 0 Å². The zero-order valence-electron chi connectivity index (χ0n) is 8.62. The quantitative estimate of drug-likeness (QED) is 0.286. The molecule has 0 unspecified atom stereocenters. The van der Waals surface area contributed by atoms with Gasteiger partial charge >= 0.3 is 29.6 Å². The van der Waals surface area contributed by atoms with Crippen LogP contribution in [0.1, 0.15) is 13.8 Å². The Morgan fingerprint density at radius 1 is 1.23 bits per heavy atom. The van der Waals surface area contributed by atoms with Gasteiger partial charge in [-0.25, -0.2) is 0 Å². The van der Waals surface area contributed by atoms with Crippen LogP contribution >= 0.6 is 12.2 Å². The molecule has 0 aromatic rings. The first-order valence-corrected chi connectivity index (χ1v) is 5.13. The molecule has 0 aromatic carbocycles. The first kappa shape index (κ1) is 14.1. The van der Waals surface area contributed by atoms with Gasteiger partial charge in [0.25, 0.3) is 0 Å². The van der Waals surface area contributed by atoms with Gasteiger partial charge in [-0.15, -0.1) is 0 Å². The fraction of sp³-hybridized carbons (Fsp3) is 0.875. The average Bonchev–Trinajstić information content (AvgIpc) is 2.04. The molecule has 0 spiro atoms. The molecule has 0 radical (unpaired) electrons. The molecule has 0 amide bonds. The van der Waals surface area contributed by atoms with E-state index in [1.165, 1.54) is 0 Å². The average molecular weight is 226 g/mol. The first-order chi connectivity index (χ1) is 5.61. The third-order valence-corrected chi connectivity index (χ3v) is 2.82. The summed E-state index contributed by atoms with van der Waals surface area (Å²) in [4.78, 5) is 4.55. The molecule has 1 aliphatic heterocycles. The summed E-state index contributed by atoms with van der Waals surface area (Å²) in [6, 6.07) is 0.644. The number of nitrogens with zero attached hydrogens (tertiary/aromatic N) is 2. The third-order valence-electron chi connectivity index (χ3n) is 2.30. The predicted octanol–water partition coefficient (Wildman–Crippen LogP) is -2.15. The van der Waals surface area contributed by atoms with Gasteiger partial charge in [-0.3, -0.25) is 4.90 Å². The van der Waals surface area contributed by atoms with Gasteiger partial charge < -0.3 is 29.7 Å². The van der Waals surface area contributed by atoms with Crippen LogP contribution in [0.25, 0.3) is 0 Å². The van der Waals surface area contributed by atoms with E-state index >= 15 is 0 Å². The van der Waals surface area contributed by atoms with E-state index in [-0.39, 0.29) is 29.6 Å². The predicted molar refractivity (Wildman–Crippen MR) is 58.2 cm³/mol. The zero-order valence-corrected chi connectivity index (χ0v) is 12.2. The second-order valence-electron chi connectivity index (χ2n) is 3.38. The van der Waals surface area contributed by atoms with Gasteiger partial charge in [-0.05, 0) is 13.8 Å². The molecule has 0 saturated carbocycles. The fourth-order valence-electron chi connectivity index (χ4n) is 1.42. The molecular weight excluding hydrogens is 211 g/mol. The normalized spacial score (nSPS) is 18.5. The van der Waals surface area contributed by atoms with Gasteiger partial charge in [0, 0.05) is 32.2 Å². The van der Waals surface area contributed by atoms with Crippen LogP contribution in [0.3, 0.4) is 0 Å². The van der Waals surface area contributed by atoms with E-state index in [1.54, 1.807) is 0 Å². The number of hydrogen-bond donors (Lipinski definition) is 0. The molecule has 5 heteroatoms. The van der Waals surface area contributed by atoms with Crippen LogP contribution in [-0.2, 0) is 12.6 Å². The molecule has 70 valence electrons. The monoisotopic (exact) mass is 226 g/mol.